The Kier molecular flexibility index (Phi) is 24.0. The van der Waals surface area contributed by atoms with Crippen LogP contribution in [0.15, 0.2) is 35.1 Å². The van der Waals surface area contributed by atoms with Gasteiger partial charge in [0, 0.05) is 60.3 Å². The standard InChI is InChI=1S/C57H77N7O18/c1-5-57(73)42-33-45-52-40(34-64(45)55(71)41(42)35-82-56(57)72)38-7-6-8-39-43(9-10-44(60-52)50(38)39)61-53(69)37(4)59-54(70)51(36(2)3)62-47(66)14-17-74-19-21-76-23-25-78-27-29-80-31-32-81-30-28-79-26-24-77-22-20-75-18-15-58-46(65)13-16-63-48(67)11-12-49(63)68/h9-12,33,36-37,51,73H,5-8,13-32,34-35H2,1-4H3,(H,58,65)(H,59,70)(H,61,69)(H,62,66)/t37?,51?,57-/m0/s1. The second-order valence-electron chi connectivity index (χ2n) is 20.3. The number of rotatable bonds is 37. The predicted octanol–water partition coefficient (Wildman–Crippen LogP) is 1.11. The SMILES string of the molecule is CC[C@@]1(O)C(=O)OCc2c1cc1n(c2=O)Cc2c-1nc1ccc(NC(=O)C(C)NC(=O)C(NC(=O)CCOCCOCCOCCOCCOCCOCCOCCOCCNC(=O)CCN3C(=O)C=CC3=O)C(C)C)c3c1c2CCC3. The summed E-state index contributed by atoms with van der Waals surface area (Å²) in [7, 11) is 0. The number of hydrogen-bond acceptors (Lipinski definition) is 19. The van der Waals surface area contributed by atoms with E-state index < -0.39 is 47.3 Å². The van der Waals surface area contributed by atoms with Gasteiger partial charge in [0.15, 0.2) is 5.60 Å². The normalized spacial score (nSPS) is 16.7. The summed E-state index contributed by atoms with van der Waals surface area (Å²) in [6.45, 7) is 12.9. The van der Waals surface area contributed by atoms with Crippen LogP contribution in [0.25, 0.3) is 22.3 Å². The number of nitrogens with one attached hydrogen (secondary N) is 4. The van der Waals surface area contributed by atoms with Gasteiger partial charge in [0.1, 0.15) is 18.7 Å². The Balaban J connectivity index is 0.676. The molecule has 82 heavy (non-hydrogen) atoms. The number of nitrogens with zero attached hydrogens (tertiary/aromatic N) is 3. The molecule has 3 aromatic rings. The Morgan fingerprint density at radius 3 is 1.82 bits per heavy atom. The molecule has 6 amide bonds. The van der Waals surface area contributed by atoms with E-state index in [-0.39, 0.29) is 86.6 Å². The molecular weight excluding hydrogens is 1070 g/mol. The van der Waals surface area contributed by atoms with Crippen LogP contribution in [0, 0.1) is 5.92 Å². The van der Waals surface area contributed by atoms with Crippen molar-refractivity contribution in [1.29, 1.82) is 0 Å². The molecule has 0 radical (unpaired) electrons. The average Bonchev–Trinajstić information content (AvgIpc) is 1.91. The van der Waals surface area contributed by atoms with Crippen LogP contribution >= 0.6 is 0 Å². The molecule has 0 spiro atoms. The summed E-state index contributed by atoms with van der Waals surface area (Å²) in [5, 5.41) is 23.4. The van der Waals surface area contributed by atoms with Crippen molar-refractivity contribution in [2.45, 2.75) is 97.1 Å². The van der Waals surface area contributed by atoms with E-state index in [9.17, 15) is 43.5 Å². The molecule has 2 unspecified atom stereocenters. The van der Waals surface area contributed by atoms with E-state index >= 15 is 0 Å². The molecule has 4 aliphatic rings. The number of carbonyl (C=O) groups excluding carboxylic acids is 7. The summed E-state index contributed by atoms with van der Waals surface area (Å²) in [5.74, 6) is -3.48. The number of aliphatic hydroxyl groups is 1. The Labute approximate surface area is 475 Å². The smallest absolute Gasteiger partial charge is 0.343 e. The highest BCUT2D eigenvalue weighted by atomic mass is 16.6. The van der Waals surface area contributed by atoms with Crippen LogP contribution in [0.1, 0.15) is 81.2 Å². The van der Waals surface area contributed by atoms with Crippen LogP contribution in [0.3, 0.4) is 0 Å². The lowest BCUT2D eigenvalue weighted by atomic mass is 9.85. The van der Waals surface area contributed by atoms with Gasteiger partial charge in [-0.2, -0.15) is 0 Å². The maximum atomic E-state index is 13.8. The van der Waals surface area contributed by atoms with Crippen molar-refractivity contribution < 1.29 is 81.3 Å². The third-order valence-electron chi connectivity index (χ3n) is 14.3. The first-order valence-corrected chi connectivity index (χ1v) is 28.1. The zero-order valence-electron chi connectivity index (χ0n) is 47.2. The number of imide groups is 1. The highest BCUT2D eigenvalue weighted by Gasteiger charge is 2.46. The number of hydrogen-bond donors (Lipinski definition) is 5. The van der Waals surface area contributed by atoms with Crippen LogP contribution in [-0.2, 0) is 108 Å². The van der Waals surface area contributed by atoms with E-state index in [0.29, 0.717) is 128 Å². The molecule has 1 aliphatic carbocycles. The van der Waals surface area contributed by atoms with Gasteiger partial charge in [-0.1, -0.05) is 20.8 Å². The monoisotopic (exact) mass is 1150 g/mol. The van der Waals surface area contributed by atoms with E-state index in [1.54, 1.807) is 44.4 Å². The minimum absolute atomic E-state index is 0.0160. The Hall–Kier alpha value is -6.55. The lowest BCUT2D eigenvalue weighted by Gasteiger charge is -2.31. The zero-order chi connectivity index (χ0) is 58.6. The molecule has 0 saturated carbocycles. The fraction of sp³-hybridized carbons (Fsp3) is 0.596. The number of aromatic nitrogens is 2. The molecule has 0 fully saturated rings. The van der Waals surface area contributed by atoms with Crippen molar-refractivity contribution >= 4 is 58.0 Å². The molecule has 25 heteroatoms. The van der Waals surface area contributed by atoms with Gasteiger partial charge >= 0.3 is 5.97 Å². The number of cyclic esters (lactones) is 1. The van der Waals surface area contributed by atoms with E-state index in [1.807, 2.05) is 6.07 Å². The number of fused-ring (bicyclic) bond motifs is 5. The molecule has 5 heterocycles. The number of aryl methyl sites for hydroxylation is 2. The van der Waals surface area contributed by atoms with Crippen molar-refractivity contribution in [3.63, 3.8) is 0 Å². The molecule has 5 N–H and O–H groups in total. The van der Waals surface area contributed by atoms with Gasteiger partial charge in [0.05, 0.1) is 135 Å². The second-order valence-corrected chi connectivity index (χ2v) is 20.3. The number of pyridine rings is 2. The molecule has 1 aromatic carbocycles. The molecule has 0 saturated heterocycles. The molecule has 0 bridgehead atoms. The zero-order valence-corrected chi connectivity index (χ0v) is 47.2. The Morgan fingerprint density at radius 2 is 1.24 bits per heavy atom. The largest absolute Gasteiger partial charge is 0.458 e. The molecule has 7 rings (SSSR count). The summed E-state index contributed by atoms with van der Waals surface area (Å²) in [6.07, 6.45) is 4.64. The van der Waals surface area contributed by atoms with Crippen molar-refractivity contribution in [2.24, 2.45) is 5.92 Å². The lowest BCUT2D eigenvalue weighted by Crippen LogP contribution is -2.53. The number of ether oxygens (including phenoxy) is 9. The highest BCUT2D eigenvalue weighted by molar-refractivity contribution is 6.13. The minimum atomic E-state index is -1.93. The molecule has 448 valence electrons. The molecular formula is C57H77N7O18. The minimum Gasteiger partial charge on any atom is -0.458 e. The van der Waals surface area contributed by atoms with Crippen molar-refractivity contribution in [1.82, 2.24) is 30.4 Å². The lowest BCUT2D eigenvalue weighted by molar-refractivity contribution is -0.172. The third-order valence-corrected chi connectivity index (χ3v) is 14.3. The van der Waals surface area contributed by atoms with Crippen LogP contribution < -0.4 is 26.8 Å². The van der Waals surface area contributed by atoms with E-state index in [4.69, 9.17) is 47.6 Å². The van der Waals surface area contributed by atoms with E-state index in [2.05, 4.69) is 21.3 Å². The fourth-order valence-electron chi connectivity index (χ4n) is 9.85. The van der Waals surface area contributed by atoms with Crippen molar-refractivity contribution in [3.05, 3.63) is 68.5 Å². The topological polar surface area (TPSA) is 309 Å². The summed E-state index contributed by atoms with van der Waals surface area (Å²) in [4.78, 5) is 107. The van der Waals surface area contributed by atoms with Gasteiger partial charge in [0.25, 0.3) is 17.4 Å². The molecule has 25 nitrogen and oxygen atoms in total. The summed E-state index contributed by atoms with van der Waals surface area (Å²) >= 11 is 0. The number of esters is 1. The Morgan fingerprint density at radius 1 is 0.683 bits per heavy atom. The number of amides is 6. The summed E-state index contributed by atoms with van der Waals surface area (Å²) in [6, 6.07) is 3.46. The first-order chi connectivity index (χ1) is 39.6. The van der Waals surface area contributed by atoms with Crippen LogP contribution in [0.5, 0.6) is 0 Å². The van der Waals surface area contributed by atoms with Crippen LogP contribution in [0.4, 0.5) is 5.69 Å². The maximum absolute atomic E-state index is 13.8. The van der Waals surface area contributed by atoms with Crippen molar-refractivity contribution in [2.75, 3.05) is 124 Å². The van der Waals surface area contributed by atoms with Gasteiger partial charge in [-0.15, -0.1) is 0 Å². The van der Waals surface area contributed by atoms with E-state index in [1.165, 1.54) is 12.2 Å². The first-order valence-electron chi connectivity index (χ1n) is 28.1. The predicted molar refractivity (Wildman–Crippen MR) is 294 cm³/mol. The first kappa shape index (κ1) is 63.0. The van der Waals surface area contributed by atoms with Crippen molar-refractivity contribution in [3.8, 4) is 11.4 Å². The Bertz CT molecular complexity index is 2840. The van der Waals surface area contributed by atoms with Gasteiger partial charge in [-0.05, 0) is 67.9 Å². The summed E-state index contributed by atoms with van der Waals surface area (Å²) in [5.41, 5.74) is 3.50. The van der Waals surface area contributed by atoms with Crippen LogP contribution in [0.2, 0.25) is 0 Å². The van der Waals surface area contributed by atoms with Crippen LogP contribution in [-0.4, -0.2) is 192 Å². The molecule has 3 aliphatic heterocycles. The van der Waals surface area contributed by atoms with Gasteiger partial charge in [0.2, 0.25) is 23.6 Å². The fourth-order valence-corrected chi connectivity index (χ4v) is 9.85. The van der Waals surface area contributed by atoms with Gasteiger partial charge < -0.3 is 73.6 Å². The van der Waals surface area contributed by atoms with Gasteiger partial charge in [-0.25, -0.2) is 9.78 Å². The quantitative estimate of drug-likeness (QED) is 0.0240. The highest BCUT2D eigenvalue weighted by Crippen LogP contribution is 2.43. The number of carbonyl (C=O) groups is 7. The van der Waals surface area contributed by atoms with Gasteiger partial charge in [-0.3, -0.25) is 38.5 Å². The summed E-state index contributed by atoms with van der Waals surface area (Å²) < 4.78 is 50.9. The number of benzene rings is 1. The maximum Gasteiger partial charge on any atom is 0.343 e. The number of anilines is 1. The molecule has 2 aromatic heterocycles. The second kappa shape index (κ2) is 31.2. The third kappa shape index (κ3) is 16.6. The average molecular weight is 1150 g/mol. The molecule has 3 atom stereocenters. The van der Waals surface area contributed by atoms with E-state index in [0.717, 1.165) is 39.8 Å².